The minimum absolute atomic E-state index is 0.0409. The van der Waals surface area contributed by atoms with E-state index in [2.05, 4.69) is 5.43 Å². The molecule has 0 aromatic carbocycles. The van der Waals surface area contributed by atoms with Gasteiger partial charge < -0.3 is 5.43 Å². The van der Waals surface area contributed by atoms with Crippen molar-refractivity contribution in [1.82, 2.24) is 5.43 Å². The molecule has 3 N–H and O–H groups in total. The van der Waals surface area contributed by atoms with E-state index in [1.165, 1.54) is 0 Å². The minimum atomic E-state index is 0.0409. The van der Waals surface area contributed by atoms with Crippen LogP contribution in [0.1, 0.15) is 13.3 Å². The molecule has 0 heterocycles. The van der Waals surface area contributed by atoms with E-state index in [1.807, 2.05) is 0 Å². The van der Waals surface area contributed by atoms with E-state index in [0.29, 0.717) is 5.57 Å². The molecule has 0 aromatic heterocycles. The Kier molecular flexibility index (Phi) is 1.87. The van der Waals surface area contributed by atoms with Gasteiger partial charge in [-0.05, 0) is 13.0 Å². The fourth-order valence-electron chi connectivity index (χ4n) is 0.878. The van der Waals surface area contributed by atoms with E-state index in [1.54, 1.807) is 19.1 Å². The van der Waals surface area contributed by atoms with Gasteiger partial charge in [0.15, 0.2) is 5.78 Å². The van der Waals surface area contributed by atoms with E-state index < -0.39 is 0 Å². The van der Waals surface area contributed by atoms with Crippen molar-refractivity contribution in [3.8, 4) is 0 Å². The molecule has 0 amide bonds. The van der Waals surface area contributed by atoms with Crippen LogP contribution in [0.5, 0.6) is 0 Å². The molecule has 3 nitrogen and oxygen atoms in total. The monoisotopic (exact) mass is 138 g/mol. The van der Waals surface area contributed by atoms with Crippen molar-refractivity contribution in [2.75, 3.05) is 0 Å². The summed E-state index contributed by atoms with van der Waals surface area (Å²) in [6, 6.07) is 0. The molecule has 54 valence electrons. The van der Waals surface area contributed by atoms with Crippen LogP contribution in [0.15, 0.2) is 23.4 Å². The lowest BCUT2D eigenvalue weighted by atomic mass is 10.0. The second kappa shape index (κ2) is 2.66. The predicted octanol–water partition coefficient (Wildman–Crippen LogP) is 0.253. The summed E-state index contributed by atoms with van der Waals surface area (Å²) in [6.07, 6.45) is 4.09. The van der Waals surface area contributed by atoms with E-state index in [-0.39, 0.29) is 5.78 Å². The summed E-state index contributed by atoms with van der Waals surface area (Å²) in [5, 5.41) is 0. The van der Waals surface area contributed by atoms with Crippen LogP contribution in [0.2, 0.25) is 0 Å². The van der Waals surface area contributed by atoms with Gasteiger partial charge in [0.1, 0.15) is 0 Å². The highest BCUT2D eigenvalue weighted by atomic mass is 16.1. The van der Waals surface area contributed by atoms with Gasteiger partial charge in [-0.1, -0.05) is 6.08 Å². The molecule has 0 aliphatic heterocycles. The molecule has 1 aliphatic carbocycles. The Balaban J connectivity index is 2.87. The summed E-state index contributed by atoms with van der Waals surface area (Å²) in [7, 11) is 0. The number of rotatable bonds is 1. The third kappa shape index (κ3) is 1.09. The highest BCUT2D eigenvalue weighted by Crippen LogP contribution is 2.12. The number of hydrogen-bond acceptors (Lipinski definition) is 3. The number of carbonyl (C=O) groups is 1. The smallest absolute Gasteiger partial charge is 0.183 e. The summed E-state index contributed by atoms with van der Waals surface area (Å²) in [5.74, 6) is 5.20. The molecule has 0 fully saturated rings. The van der Waals surface area contributed by atoms with Crippen molar-refractivity contribution in [3.63, 3.8) is 0 Å². The van der Waals surface area contributed by atoms with E-state index in [9.17, 15) is 4.79 Å². The summed E-state index contributed by atoms with van der Waals surface area (Å²) >= 11 is 0. The Labute approximate surface area is 59.6 Å². The standard InChI is InChI=1S/C7H10N2O/c1-5-6(9-8)3-2-4-7(5)10/h2,4,9H,3,8H2,1H3. The second-order valence-electron chi connectivity index (χ2n) is 2.22. The zero-order valence-electron chi connectivity index (χ0n) is 5.85. The van der Waals surface area contributed by atoms with Crippen LogP contribution >= 0.6 is 0 Å². The Hall–Kier alpha value is -1.09. The lowest BCUT2D eigenvalue weighted by Gasteiger charge is -2.10. The fourth-order valence-corrected chi connectivity index (χ4v) is 0.878. The molecule has 0 spiro atoms. The van der Waals surface area contributed by atoms with E-state index in [0.717, 1.165) is 12.1 Å². The van der Waals surface area contributed by atoms with E-state index >= 15 is 0 Å². The van der Waals surface area contributed by atoms with Crippen molar-refractivity contribution < 1.29 is 4.79 Å². The quantitative estimate of drug-likeness (QED) is 0.403. The molecule has 0 saturated heterocycles. The average Bonchev–Trinajstić information content (AvgIpc) is 1.95. The molecule has 0 radical (unpaired) electrons. The van der Waals surface area contributed by atoms with Crippen molar-refractivity contribution in [1.29, 1.82) is 0 Å². The lowest BCUT2D eigenvalue weighted by Crippen LogP contribution is -2.24. The molecular formula is C7H10N2O. The Morgan fingerprint density at radius 3 is 2.90 bits per heavy atom. The first kappa shape index (κ1) is 7.02. The topological polar surface area (TPSA) is 55.1 Å². The van der Waals surface area contributed by atoms with Gasteiger partial charge in [-0.15, -0.1) is 0 Å². The number of hydrogen-bond donors (Lipinski definition) is 2. The van der Waals surface area contributed by atoms with Crippen molar-refractivity contribution in [2.45, 2.75) is 13.3 Å². The highest BCUT2D eigenvalue weighted by molar-refractivity contribution is 6.04. The summed E-state index contributed by atoms with van der Waals surface area (Å²) in [4.78, 5) is 10.9. The maximum atomic E-state index is 10.9. The molecule has 0 unspecified atom stereocenters. The number of nitrogens with two attached hydrogens (primary N) is 1. The predicted molar refractivity (Wildman–Crippen MR) is 38.8 cm³/mol. The maximum absolute atomic E-state index is 10.9. The Bertz CT molecular complexity index is 216. The fraction of sp³-hybridized carbons (Fsp3) is 0.286. The normalized spacial score (nSPS) is 18.0. The second-order valence-corrected chi connectivity index (χ2v) is 2.22. The molecule has 3 heteroatoms. The van der Waals surface area contributed by atoms with Gasteiger partial charge in [0.05, 0.1) is 0 Å². The molecule has 0 bridgehead atoms. The largest absolute Gasteiger partial charge is 0.328 e. The first-order valence-corrected chi connectivity index (χ1v) is 3.13. The molecule has 10 heavy (non-hydrogen) atoms. The highest BCUT2D eigenvalue weighted by Gasteiger charge is 2.09. The van der Waals surface area contributed by atoms with Crippen molar-refractivity contribution in [3.05, 3.63) is 23.4 Å². The van der Waals surface area contributed by atoms with Gasteiger partial charge >= 0.3 is 0 Å². The van der Waals surface area contributed by atoms with Gasteiger partial charge in [0, 0.05) is 17.7 Å². The van der Waals surface area contributed by atoms with Gasteiger partial charge in [-0.25, -0.2) is 0 Å². The number of carbonyl (C=O) groups excluding carboxylic acids is 1. The number of allylic oxidation sites excluding steroid dienone is 3. The molecule has 1 rings (SSSR count). The first-order valence-electron chi connectivity index (χ1n) is 3.13. The molecule has 0 aromatic rings. The molecule has 1 aliphatic rings. The molecule has 0 atom stereocenters. The lowest BCUT2D eigenvalue weighted by molar-refractivity contribution is -0.111. The summed E-state index contributed by atoms with van der Waals surface area (Å²) in [6.45, 7) is 1.76. The van der Waals surface area contributed by atoms with Gasteiger partial charge in [-0.3, -0.25) is 10.6 Å². The molecule has 0 saturated carbocycles. The number of hydrazine groups is 1. The van der Waals surface area contributed by atoms with Crippen LogP contribution in [0, 0.1) is 0 Å². The van der Waals surface area contributed by atoms with Gasteiger partial charge in [-0.2, -0.15) is 0 Å². The van der Waals surface area contributed by atoms with Crippen LogP contribution < -0.4 is 11.3 Å². The van der Waals surface area contributed by atoms with Crippen molar-refractivity contribution >= 4 is 5.78 Å². The van der Waals surface area contributed by atoms with Crippen LogP contribution in [-0.4, -0.2) is 5.78 Å². The number of nitrogens with one attached hydrogen (secondary N) is 1. The third-order valence-corrected chi connectivity index (χ3v) is 1.59. The summed E-state index contributed by atoms with van der Waals surface area (Å²) < 4.78 is 0. The third-order valence-electron chi connectivity index (χ3n) is 1.59. The van der Waals surface area contributed by atoms with Crippen LogP contribution in [0.25, 0.3) is 0 Å². The van der Waals surface area contributed by atoms with Crippen LogP contribution in [0.4, 0.5) is 0 Å². The van der Waals surface area contributed by atoms with Crippen LogP contribution in [0.3, 0.4) is 0 Å². The maximum Gasteiger partial charge on any atom is 0.183 e. The Morgan fingerprint density at radius 1 is 1.70 bits per heavy atom. The minimum Gasteiger partial charge on any atom is -0.328 e. The summed E-state index contributed by atoms with van der Waals surface area (Å²) in [5.41, 5.74) is 4.02. The molecular weight excluding hydrogens is 128 g/mol. The zero-order chi connectivity index (χ0) is 7.56. The first-order chi connectivity index (χ1) is 4.75. The average molecular weight is 138 g/mol. The Morgan fingerprint density at radius 2 is 2.40 bits per heavy atom. The van der Waals surface area contributed by atoms with Gasteiger partial charge in [0.25, 0.3) is 0 Å². The SMILES string of the molecule is CC1=C(NN)CC=CC1=O. The number of ketones is 1. The van der Waals surface area contributed by atoms with Crippen LogP contribution in [-0.2, 0) is 4.79 Å². The van der Waals surface area contributed by atoms with Gasteiger partial charge in [0.2, 0.25) is 0 Å². The van der Waals surface area contributed by atoms with Crippen molar-refractivity contribution in [2.24, 2.45) is 5.84 Å². The van der Waals surface area contributed by atoms with E-state index in [4.69, 9.17) is 5.84 Å². The zero-order valence-corrected chi connectivity index (χ0v) is 5.85.